The summed E-state index contributed by atoms with van der Waals surface area (Å²) in [6.45, 7) is 1.61. The first kappa shape index (κ1) is 8.50. The van der Waals surface area contributed by atoms with Crippen molar-refractivity contribution in [3.63, 3.8) is 0 Å². The molecule has 1 fully saturated rings. The van der Waals surface area contributed by atoms with Crippen molar-refractivity contribution in [1.82, 2.24) is 0 Å². The highest BCUT2D eigenvalue weighted by Crippen LogP contribution is 2.16. The maximum absolute atomic E-state index is 10.5. The lowest BCUT2D eigenvalue weighted by Gasteiger charge is -2.19. The van der Waals surface area contributed by atoms with Gasteiger partial charge in [0.1, 0.15) is 10.0 Å². The van der Waals surface area contributed by atoms with Gasteiger partial charge in [-0.2, -0.15) is 0 Å². The minimum absolute atomic E-state index is 0.520. The van der Waals surface area contributed by atoms with E-state index >= 15 is 0 Å². The first-order chi connectivity index (χ1) is 4.79. The van der Waals surface area contributed by atoms with Crippen molar-refractivity contribution in [2.75, 3.05) is 19.0 Å². The minimum Gasteiger partial charge on any atom is -0.381 e. The van der Waals surface area contributed by atoms with Crippen molar-refractivity contribution in [3.8, 4) is 0 Å². The fraction of sp³-hybridized carbons (Fsp3) is 1.00. The third-order valence-corrected chi connectivity index (χ3v) is 2.82. The molecule has 0 aliphatic carbocycles. The van der Waals surface area contributed by atoms with E-state index in [0.29, 0.717) is 11.7 Å². The van der Waals surface area contributed by atoms with Gasteiger partial charge in [0.15, 0.2) is 0 Å². The van der Waals surface area contributed by atoms with Gasteiger partial charge in [-0.25, -0.2) is 4.21 Å². The second-order valence-electron chi connectivity index (χ2n) is 2.51. The Kier molecular flexibility index (Phi) is 3.66. The molecule has 1 rings (SSSR count). The quantitative estimate of drug-likeness (QED) is 0.603. The van der Waals surface area contributed by atoms with Crippen LogP contribution in [0, 0.1) is 5.92 Å². The molecular formula is C6H11ClO2S. The zero-order valence-electron chi connectivity index (χ0n) is 5.72. The van der Waals surface area contributed by atoms with Crippen LogP contribution >= 0.6 is 10.7 Å². The minimum atomic E-state index is -1.15. The molecule has 0 aromatic heterocycles. The van der Waals surface area contributed by atoms with Crippen LogP contribution in [-0.2, 0) is 14.7 Å². The van der Waals surface area contributed by atoms with E-state index in [-0.39, 0.29) is 0 Å². The highest BCUT2D eigenvalue weighted by molar-refractivity contribution is 8.08. The summed E-state index contributed by atoms with van der Waals surface area (Å²) < 4.78 is 15.7. The number of ether oxygens (including phenoxy) is 1. The summed E-state index contributed by atoms with van der Waals surface area (Å²) >= 11 is 0. The molecule has 1 unspecified atom stereocenters. The third-order valence-electron chi connectivity index (χ3n) is 1.71. The van der Waals surface area contributed by atoms with Crippen LogP contribution in [0.4, 0.5) is 0 Å². The highest BCUT2D eigenvalue weighted by atomic mass is 35.7. The van der Waals surface area contributed by atoms with Crippen molar-refractivity contribution in [3.05, 3.63) is 0 Å². The lowest BCUT2D eigenvalue weighted by molar-refractivity contribution is 0.0726. The highest BCUT2D eigenvalue weighted by Gasteiger charge is 2.15. The summed E-state index contributed by atoms with van der Waals surface area (Å²) in [5.41, 5.74) is 0. The molecule has 0 amide bonds. The molecule has 0 radical (unpaired) electrons. The van der Waals surface area contributed by atoms with E-state index in [9.17, 15) is 4.21 Å². The van der Waals surface area contributed by atoms with Gasteiger partial charge in [-0.3, -0.25) is 0 Å². The molecule has 1 aliphatic rings. The van der Waals surface area contributed by atoms with Crippen LogP contribution in [0.1, 0.15) is 12.8 Å². The van der Waals surface area contributed by atoms with Gasteiger partial charge in [-0.05, 0) is 29.4 Å². The van der Waals surface area contributed by atoms with Crippen LogP contribution in [-0.4, -0.2) is 23.2 Å². The summed E-state index contributed by atoms with van der Waals surface area (Å²) in [5, 5.41) is 0. The lowest BCUT2D eigenvalue weighted by Crippen LogP contribution is -2.19. The maximum Gasteiger partial charge on any atom is 0.115 e. The fourth-order valence-electron chi connectivity index (χ4n) is 1.10. The summed E-state index contributed by atoms with van der Waals surface area (Å²) in [6, 6.07) is 0. The van der Waals surface area contributed by atoms with E-state index in [4.69, 9.17) is 15.4 Å². The van der Waals surface area contributed by atoms with Crippen molar-refractivity contribution in [2.24, 2.45) is 5.92 Å². The van der Waals surface area contributed by atoms with Gasteiger partial charge in [0.05, 0.1) is 0 Å². The summed E-state index contributed by atoms with van der Waals surface area (Å²) in [4.78, 5) is 0. The molecule has 1 saturated heterocycles. The molecule has 0 spiro atoms. The largest absolute Gasteiger partial charge is 0.381 e. The molecule has 1 atom stereocenters. The molecule has 0 bridgehead atoms. The van der Waals surface area contributed by atoms with Crippen LogP contribution in [0.5, 0.6) is 0 Å². The molecule has 0 aromatic rings. The first-order valence-electron chi connectivity index (χ1n) is 3.41. The zero-order valence-corrected chi connectivity index (χ0v) is 7.29. The molecule has 2 nitrogen and oxygen atoms in total. The Balaban J connectivity index is 2.19. The standard InChI is InChI=1S/C6H11ClO2S/c7-10(8)5-6-1-3-9-4-2-6/h6H,1-5H2. The Morgan fingerprint density at radius 3 is 2.60 bits per heavy atom. The first-order valence-corrected chi connectivity index (χ1v) is 5.56. The van der Waals surface area contributed by atoms with Crippen LogP contribution in [0.3, 0.4) is 0 Å². The van der Waals surface area contributed by atoms with E-state index in [2.05, 4.69) is 0 Å². The predicted molar refractivity (Wildman–Crippen MR) is 42.4 cm³/mol. The van der Waals surface area contributed by atoms with Crippen molar-refractivity contribution in [1.29, 1.82) is 0 Å². The Bertz CT molecular complexity index is 123. The number of hydrogen-bond acceptors (Lipinski definition) is 2. The van der Waals surface area contributed by atoms with Crippen molar-refractivity contribution in [2.45, 2.75) is 12.8 Å². The van der Waals surface area contributed by atoms with Gasteiger partial charge < -0.3 is 4.74 Å². The number of halogens is 1. The Morgan fingerprint density at radius 1 is 1.50 bits per heavy atom. The fourth-order valence-corrected chi connectivity index (χ4v) is 2.34. The topological polar surface area (TPSA) is 26.3 Å². The van der Waals surface area contributed by atoms with Crippen LogP contribution in [0.15, 0.2) is 0 Å². The second kappa shape index (κ2) is 4.31. The molecule has 4 heteroatoms. The monoisotopic (exact) mass is 182 g/mol. The van der Waals surface area contributed by atoms with Gasteiger partial charge in [-0.1, -0.05) is 0 Å². The lowest BCUT2D eigenvalue weighted by atomic mass is 10.0. The summed E-state index contributed by atoms with van der Waals surface area (Å²) in [6.07, 6.45) is 2.02. The Hall–Kier alpha value is 0.400. The van der Waals surface area contributed by atoms with E-state index in [1.807, 2.05) is 0 Å². The average Bonchev–Trinajstić information content (AvgIpc) is 1.88. The molecule has 60 valence electrons. The molecule has 1 aliphatic heterocycles. The molecule has 0 saturated carbocycles. The van der Waals surface area contributed by atoms with E-state index < -0.39 is 10.0 Å². The Labute approximate surface area is 67.9 Å². The SMILES string of the molecule is O=S(Cl)CC1CCOCC1. The normalized spacial score (nSPS) is 24.5. The number of rotatable bonds is 2. The van der Waals surface area contributed by atoms with Crippen molar-refractivity contribution >= 4 is 20.7 Å². The maximum atomic E-state index is 10.5. The van der Waals surface area contributed by atoms with Crippen LogP contribution in [0.25, 0.3) is 0 Å². The average molecular weight is 183 g/mol. The second-order valence-corrected chi connectivity index (χ2v) is 4.46. The molecule has 0 aromatic carbocycles. The molecule has 1 heterocycles. The van der Waals surface area contributed by atoms with Gasteiger partial charge >= 0.3 is 0 Å². The van der Waals surface area contributed by atoms with E-state index in [1.54, 1.807) is 0 Å². The summed E-state index contributed by atoms with van der Waals surface area (Å²) in [5.74, 6) is 1.15. The predicted octanol–water partition coefficient (Wildman–Crippen LogP) is 1.32. The molecule has 10 heavy (non-hydrogen) atoms. The van der Waals surface area contributed by atoms with Crippen LogP contribution in [0.2, 0.25) is 0 Å². The summed E-state index contributed by atoms with van der Waals surface area (Å²) in [7, 11) is 4.20. The third kappa shape index (κ3) is 2.99. The number of hydrogen-bond donors (Lipinski definition) is 0. The van der Waals surface area contributed by atoms with Gasteiger partial charge in [0, 0.05) is 19.0 Å². The van der Waals surface area contributed by atoms with Gasteiger partial charge in [-0.15, -0.1) is 0 Å². The van der Waals surface area contributed by atoms with Crippen LogP contribution < -0.4 is 0 Å². The Morgan fingerprint density at radius 2 is 2.10 bits per heavy atom. The van der Waals surface area contributed by atoms with Gasteiger partial charge in [0.25, 0.3) is 0 Å². The van der Waals surface area contributed by atoms with E-state index in [0.717, 1.165) is 26.1 Å². The molecule has 0 N–H and O–H groups in total. The molecular weight excluding hydrogens is 172 g/mol. The van der Waals surface area contributed by atoms with Gasteiger partial charge in [0.2, 0.25) is 0 Å². The van der Waals surface area contributed by atoms with Crippen molar-refractivity contribution < 1.29 is 8.95 Å². The van der Waals surface area contributed by atoms with E-state index in [1.165, 1.54) is 0 Å². The smallest absolute Gasteiger partial charge is 0.115 e. The zero-order chi connectivity index (χ0) is 7.40.